The number of benzene rings is 1. The van der Waals surface area contributed by atoms with Crippen molar-refractivity contribution in [2.45, 2.75) is 33.7 Å². The first-order valence-corrected chi connectivity index (χ1v) is 5.28. The lowest BCUT2D eigenvalue weighted by Gasteiger charge is -2.24. The van der Waals surface area contributed by atoms with Crippen molar-refractivity contribution < 1.29 is 5.21 Å². The van der Waals surface area contributed by atoms with Crippen molar-refractivity contribution >= 4 is 0 Å². The number of fused-ring (bicyclic) bond motifs is 1. The summed E-state index contributed by atoms with van der Waals surface area (Å²) in [5, 5.41) is 10.7. The quantitative estimate of drug-likeness (QED) is 0.685. The summed E-state index contributed by atoms with van der Waals surface area (Å²) in [6.07, 6.45) is 0.966. The fraction of sp³-hybridized carbons (Fsp3) is 0.500. The van der Waals surface area contributed by atoms with Gasteiger partial charge in [0, 0.05) is 13.1 Å². The molecule has 0 amide bonds. The van der Waals surface area contributed by atoms with Crippen molar-refractivity contribution in [3.63, 3.8) is 0 Å². The van der Waals surface area contributed by atoms with Gasteiger partial charge in [-0.2, -0.15) is 5.06 Å². The summed E-state index contributed by atoms with van der Waals surface area (Å²) < 4.78 is 0. The van der Waals surface area contributed by atoms with E-state index in [0.717, 1.165) is 13.0 Å². The highest BCUT2D eigenvalue weighted by Crippen LogP contribution is 2.20. The normalized spacial score (nSPS) is 15.4. The van der Waals surface area contributed by atoms with Gasteiger partial charge in [-0.05, 0) is 30.0 Å². The van der Waals surface area contributed by atoms with Crippen molar-refractivity contribution in [2.75, 3.05) is 6.54 Å². The predicted octanol–water partition coefficient (Wildman–Crippen LogP) is 2.77. The maximum atomic E-state index is 9.31. The Morgan fingerprint density at radius 3 is 2.71 bits per heavy atom. The van der Waals surface area contributed by atoms with Gasteiger partial charge in [-0.1, -0.05) is 32.0 Å². The van der Waals surface area contributed by atoms with E-state index < -0.39 is 0 Å². The fourth-order valence-corrected chi connectivity index (χ4v) is 1.73. The van der Waals surface area contributed by atoms with Crippen molar-refractivity contribution in [3.8, 4) is 0 Å². The van der Waals surface area contributed by atoms with Crippen molar-refractivity contribution in [3.05, 3.63) is 34.9 Å². The van der Waals surface area contributed by atoms with Gasteiger partial charge in [0.2, 0.25) is 0 Å². The summed E-state index contributed by atoms with van der Waals surface area (Å²) in [5.74, 6) is 0. The molecule has 0 saturated heterocycles. The van der Waals surface area contributed by atoms with Gasteiger partial charge in [-0.25, -0.2) is 0 Å². The summed E-state index contributed by atoms with van der Waals surface area (Å²) >= 11 is 0. The average Bonchev–Trinajstić information content (AvgIpc) is 2.22. The summed E-state index contributed by atoms with van der Waals surface area (Å²) in [6, 6.07) is 6.33. The van der Waals surface area contributed by atoms with E-state index in [9.17, 15) is 5.21 Å². The Morgan fingerprint density at radius 2 is 2.00 bits per heavy atom. The van der Waals surface area contributed by atoms with Gasteiger partial charge < -0.3 is 5.21 Å². The molecule has 0 radical (unpaired) electrons. The van der Waals surface area contributed by atoms with Crippen LogP contribution in [0.3, 0.4) is 0 Å². The van der Waals surface area contributed by atoms with E-state index in [2.05, 4.69) is 25.1 Å². The van der Waals surface area contributed by atoms with E-state index in [1.807, 2.05) is 13.8 Å². The molecule has 14 heavy (non-hydrogen) atoms. The molecule has 0 bridgehead atoms. The SMILES string of the molecule is CC.Cc1cccc2c1CN(O)CC2. The highest BCUT2D eigenvalue weighted by Gasteiger charge is 2.14. The largest absolute Gasteiger partial charge is 0.314 e. The molecular weight excluding hydrogens is 174 g/mol. The third-order valence-corrected chi connectivity index (χ3v) is 2.49. The molecule has 0 aromatic heterocycles. The van der Waals surface area contributed by atoms with Crippen LogP contribution < -0.4 is 0 Å². The van der Waals surface area contributed by atoms with Crippen LogP contribution in [0, 0.1) is 6.92 Å². The van der Waals surface area contributed by atoms with E-state index in [0.29, 0.717) is 6.54 Å². The topological polar surface area (TPSA) is 23.5 Å². The maximum absolute atomic E-state index is 9.31. The fourth-order valence-electron chi connectivity index (χ4n) is 1.73. The Labute approximate surface area is 86.1 Å². The smallest absolute Gasteiger partial charge is 0.0494 e. The third-order valence-electron chi connectivity index (χ3n) is 2.49. The summed E-state index contributed by atoms with van der Waals surface area (Å²) in [4.78, 5) is 0. The van der Waals surface area contributed by atoms with Gasteiger partial charge in [0.1, 0.15) is 0 Å². The average molecular weight is 193 g/mol. The highest BCUT2D eigenvalue weighted by atomic mass is 16.5. The maximum Gasteiger partial charge on any atom is 0.0494 e. The van der Waals surface area contributed by atoms with Crippen molar-refractivity contribution in [1.29, 1.82) is 0 Å². The molecule has 0 atom stereocenters. The first-order chi connectivity index (χ1) is 6.77. The molecule has 1 aliphatic heterocycles. The minimum Gasteiger partial charge on any atom is -0.314 e. The predicted molar refractivity (Wildman–Crippen MR) is 58.4 cm³/mol. The zero-order chi connectivity index (χ0) is 10.6. The van der Waals surface area contributed by atoms with E-state index in [-0.39, 0.29) is 0 Å². The molecule has 1 aromatic rings. The Morgan fingerprint density at radius 1 is 1.29 bits per heavy atom. The minimum atomic E-state index is 0.683. The summed E-state index contributed by atoms with van der Waals surface area (Å²) in [6.45, 7) is 7.54. The standard InChI is InChI=1S/C10H13NO.C2H6/c1-8-3-2-4-9-5-6-11(12)7-10(8)9;1-2/h2-4,12H,5-7H2,1H3;1-2H3. The first kappa shape index (κ1) is 11.2. The number of rotatable bonds is 0. The number of hydrogen-bond acceptors (Lipinski definition) is 2. The third kappa shape index (κ3) is 2.34. The van der Waals surface area contributed by atoms with Gasteiger partial charge in [0.15, 0.2) is 0 Å². The van der Waals surface area contributed by atoms with Gasteiger partial charge in [-0.3, -0.25) is 0 Å². The van der Waals surface area contributed by atoms with E-state index in [4.69, 9.17) is 0 Å². The van der Waals surface area contributed by atoms with Crippen LogP contribution in [0.2, 0.25) is 0 Å². The molecule has 2 rings (SSSR count). The van der Waals surface area contributed by atoms with E-state index in [1.54, 1.807) is 0 Å². The summed E-state index contributed by atoms with van der Waals surface area (Å²) in [7, 11) is 0. The van der Waals surface area contributed by atoms with Crippen LogP contribution in [0.5, 0.6) is 0 Å². The summed E-state index contributed by atoms with van der Waals surface area (Å²) in [5.41, 5.74) is 3.97. The molecule has 0 fully saturated rings. The molecule has 1 N–H and O–H groups in total. The molecule has 78 valence electrons. The highest BCUT2D eigenvalue weighted by molar-refractivity contribution is 5.35. The second kappa shape index (κ2) is 5.13. The second-order valence-corrected chi connectivity index (χ2v) is 3.35. The van der Waals surface area contributed by atoms with E-state index in [1.165, 1.54) is 21.8 Å². The Kier molecular flexibility index (Phi) is 4.11. The van der Waals surface area contributed by atoms with Gasteiger partial charge >= 0.3 is 0 Å². The van der Waals surface area contributed by atoms with Crippen LogP contribution in [0.15, 0.2) is 18.2 Å². The molecule has 0 saturated carbocycles. The molecule has 2 nitrogen and oxygen atoms in total. The van der Waals surface area contributed by atoms with Crippen LogP contribution in [0.1, 0.15) is 30.5 Å². The monoisotopic (exact) mass is 193 g/mol. The molecule has 1 heterocycles. The minimum absolute atomic E-state index is 0.683. The number of nitrogens with zero attached hydrogens (tertiary/aromatic N) is 1. The molecular formula is C12H19NO. The Bertz CT molecular complexity index is 296. The van der Waals surface area contributed by atoms with Crippen LogP contribution in [-0.4, -0.2) is 16.8 Å². The zero-order valence-corrected chi connectivity index (χ0v) is 9.25. The molecule has 1 aromatic carbocycles. The molecule has 1 aliphatic rings. The number of aryl methyl sites for hydroxylation is 1. The van der Waals surface area contributed by atoms with Crippen molar-refractivity contribution in [2.24, 2.45) is 0 Å². The lowest BCUT2D eigenvalue weighted by atomic mass is 9.97. The zero-order valence-electron chi connectivity index (χ0n) is 9.25. The van der Waals surface area contributed by atoms with Gasteiger partial charge in [-0.15, -0.1) is 0 Å². The van der Waals surface area contributed by atoms with Gasteiger partial charge in [0.25, 0.3) is 0 Å². The lowest BCUT2D eigenvalue weighted by Crippen LogP contribution is -2.27. The second-order valence-electron chi connectivity index (χ2n) is 3.35. The lowest BCUT2D eigenvalue weighted by molar-refractivity contribution is -0.103. The van der Waals surface area contributed by atoms with Crippen LogP contribution in [0.4, 0.5) is 0 Å². The van der Waals surface area contributed by atoms with Crippen LogP contribution in [0.25, 0.3) is 0 Å². The molecule has 0 unspecified atom stereocenters. The van der Waals surface area contributed by atoms with Gasteiger partial charge in [0.05, 0.1) is 0 Å². The first-order valence-electron chi connectivity index (χ1n) is 5.28. The molecule has 2 heteroatoms. The number of hydrogen-bond donors (Lipinski definition) is 1. The Balaban J connectivity index is 0.000000461. The van der Waals surface area contributed by atoms with E-state index >= 15 is 0 Å². The molecule has 0 aliphatic carbocycles. The van der Waals surface area contributed by atoms with Crippen molar-refractivity contribution in [1.82, 2.24) is 5.06 Å². The van der Waals surface area contributed by atoms with Crippen LogP contribution in [-0.2, 0) is 13.0 Å². The number of hydroxylamine groups is 2. The molecule has 0 spiro atoms. The Hall–Kier alpha value is -0.860. The van der Waals surface area contributed by atoms with Crippen LogP contribution >= 0.6 is 0 Å².